The molecule has 5 heteroatoms. The van der Waals surface area contributed by atoms with Crippen LogP contribution in [-0.4, -0.2) is 22.5 Å². The Bertz CT molecular complexity index is 778. The van der Waals surface area contributed by atoms with Gasteiger partial charge in [-0.05, 0) is 42.1 Å². The van der Waals surface area contributed by atoms with Crippen LogP contribution >= 0.6 is 0 Å². The monoisotopic (exact) mass is 295 g/mol. The summed E-state index contributed by atoms with van der Waals surface area (Å²) < 4.78 is 5.32. The zero-order chi connectivity index (χ0) is 15.4. The van der Waals surface area contributed by atoms with Gasteiger partial charge in [0.2, 0.25) is 5.91 Å². The van der Waals surface area contributed by atoms with Crippen molar-refractivity contribution in [3.05, 3.63) is 54.4 Å². The van der Waals surface area contributed by atoms with Crippen molar-refractivity contribution in [2.45, 2.75) is 13.3 Å². The molecule has 0 aliphatic heterocycles. The van der Waals surface area contributed by atoms with Crippen molar-refractivity contribution in [1.29, 1.82) is 0 Å². The highest BCUT2D eigenvalue weighted by molar-refractivity contribution is 5.92. The number of aromatic nitrogens is 2. The lowest BCUT2D eigenvalue weighted by Crippen LogP contribution is -2.15. The molecule has 1 aromatic carbocycles. The Balaban J connectivity index is 1.63. The van der Waals surface area contributed by atoms with Crippen LogP contribution in [-0.2, 0) is 11.2 Å². The number of rotatable bonds is 5. The van der Waals surface area contributed by atoms with Gasteiger partial charge in [-0.3, -0.25) is 4.79 Å². The van der Waals surface area contributed by atoms with Gasteiger partial charge in [0.25, 0.3) is 0 Å². The van der Waals surface area contributed by atoms with Crippen molar-refractivity contribution >= 4 is 22.6 Å². The molecule has 0 aliphatic rings. The van der Waals surface area contributed by atoms with Gasteiger partial charge in [0.05, 0.1) is 19.2 Å². The van der Waals surface area contributed by atoms with Gasteiger partial charge in [-0.1, -0.05) is 12.1 Å². The summed E-state index contributed by atoms with van der Waals surface area (Å²) in [4.78, 5) is 19.4. The largest absolute Gasteiger partial charge is 0.492 e. The van der Waals surface area contributed by atoms with Crippen molar-refractivity contribution in [3.8, 4) is 5.75 Å². The molecule has 3 rings (SSSR count). The average Bonchev–Trinajstić information content (AvgIpc) is 2.97. The average molecular weight is 295 g/mol. The van der Waals surface area contributed by atoms with E-state index in [0.29, 0.717) is 24.6 Å². The molecule has 2 heterocycles. The number of fused-ring (bicyclic) bond motifs is 1. The van der Waals surface area contributed by atoms with E-state index in [0.717, 1.165) is 16.5 Å². The number of nitrogens with one attached hydrogen (secondary N) is 2. The number of hydrogen-bond acceptors (Lipinski definition) is 3. The first-order valence-corrected chi connectivity index (χ1v) is 7.19. The van der Waals surface area contributed by atoms with Crippen LogP contribution in [0.4, 0.5) is 5.82 Å². The molecule has 0 unspecified atom stereocenters. The van der Waals surface area contributed by atoms with Gasteiger partial charge in [-0.15, -0.1) is 0 Å². The second-order valence-electron chi connectivity index (χ2n) is 4.94. The van der Waals surface area contributed by atoms with Crippen molar-refractivity contribution in [1.82, 2.24) is 9.97 Å². The van der Waals surface area contributed by atoms with Crippen molar-refractivity contribution < 1.29 is 9.53 Å². The van der Waals surface area contributed by atoms with Gasteiger partial charge in [0, 0.05) is 11.7 Å². The molecule has 1 amide bonds. The van der Waals surface area contributed by atoms with E-state index >= 15 is 0 Å². The van der Waals surface area contributed by atoms with E-state index in [4.69, 9.17) is 4.74 Å². The van der Waals surface area contributed by atoms with Crippen LogP contribution in [0.25, 0.3) is 10.9 Å². The van der Waals surface area contributed by atoms with E-state index in [2.05, 4.69) is 15.3 Å². The van der Waals surface area contributed by atoms with Crippen LogP contribution in [0.5, 0.6) is 5.75 Å². The number of amides is 1. The summed E-state index contributed by atoms with van der Waals surface area (Å²) in [6.45, 7) is 2.51. The molecule has 22 heavy (non-hydrogen) atoms. The highest BCUT2D eigenvalue weighted by atomic mass is 16.5. The predicted molar refractivity (Wildman–Crippen MR) is 86.0 cm³/mol. The number of aromatic amines is 1. The fraction of sp³-hybridized carbons (Fsp3) is 0.176. The molecule has 3 aromatic rings. The first kappa shape index (κ1) is 14.1. The van der Waals surface area contributed by atoms with Crippen molar-refractivity contribution in [2.75, 3.05) is 11.9 Å². The van der Waals surface area contributed by atoms with E-state index in [1.165, 1.54) is 0 Å². The third-order valence-corrected chi connectivity index (χ3v) is 3.30. The van der Waals surface area contributed by atoms with Crippen LogP contribution in [0, 0.1) is 0 Å². The number of pyridine rings is 1. The predicted octanol–water partition coefficient (Wildman–Crippen LogP) is 3.14. The molecule has 0 saturated carbocycles. The molecule has 0 fully saturated rings. The summed E-state index contributed by atoms with van der Waals surface area (Å²) in [5.41, 5.74) is 1.99. The number of anilines is 1. The van der Waals surface area contributed by atoms with Crippen LogP contribution in [0.1, 0.15) is 12.5 Å². The number of H-pyrrole nitrogens is 1. The number of nitrogens with zero attached hydrogens (tertiary/aromatic N) is 1. The quantitative estimate of drug-likeness (QED) is 0.760. The fourth-order valence-corrected chi connectivity index (χ4v) is 2.28. The Labute approximate surface area is 128 Å². The number of carbonyl (C=O) groups is 1. The van der Waals surface area contributed by atoms with Gasteiger partial charge in [-0.2, -0.15) is 0 Å². The Morgan fingerprint density at radius 2 is 2.18 bits per heavy atom. The van der Waals surface area contributed by atoms with Crippen LogP contribution in [0.2, 0.25) is 0 Å². The second-order valence-corrected chi connectivity index (χ2v) is 4.94. The molecule has 0 spiro atoms. The molecule has 2 N–H and O–H groups in total. The maximum absolute atomic E-state index is 12.1. The lowest BCUT2D eigenvalue weighted by atomic mass is 10.1. The zero-order valence-corrected chi connectivity index (χ0v) is 12.3. The number of carbonyl (C=O) groups excluding carboxylic acids is 1. The van der Waals surface area contributed by atoms with E-state index in [1.807, 2.05) is 37.4 Å². The molecule has 5 nitrogen and oxygen atoms in total. The molecule has 112 valence electrons. The van der Waals surface area contributed by atoms with Gasteiger partial charge in [0.1, 0.15) is 11.6 Å². The molecule has 0 aliphatic carbocycles. The Morgan fingerprint density at radius 3 is 2.95 bits per heavy atom. The van der Waals surface area contributed by atoms with Crippen LogP contribution < -0.4 is 10.1 Å². The minimum absolute atomic E-state index is 0.0948. The van der Waals surface area contributed by atoms with Crippen LogP contribution in [0.3, 0.4) is 0 Å². The smallest absolute Gasteiger partial charge is 0.229 e. The maximum atomic E-state index is 12.1. The minimum atomic E-state index is -0.0948. The molecular weight excluding hydrogens is 278 g/mol. The fourth-order valence-electron chi connectivity index (χ4n) is 2.28. The number of hydrogen-bond donors (Lipinski definition) is 2. The summed E-state index contributed by atoms with van der Waals surface area (Å²) in [6, 6.07) is 11.5. The van der Waals surface area contributed by atoms with Crippen molar-refractivity contribution in [2.24, 2.45) is 0 Å². The molecule has 0 saturated heterocycles. The lowest BCUT2D eigenvalue weighted by molar-refractivity contribution is -0.115. The molecule has 2 aromatic heterocycles. The van der Waals surface area contributed by atoms with Gasteiger partial charge >= 0.3 is 0 Å². The topological polar surface area (TPSA) is 67.0 Å². The van der Waals surface area contributed by atoms with Crippen molar-refractivity contribution in [3.63, 3.8) is 0 Å². The van der Waals surface area contributed by atoms with Crippen LogP contribution in [0.15, 0.2) is 48.8 Å². The Morgan fingerprint density at radius 1 is 1.27 bits per heavy atom. The zero-order valence-electron chi connectivity index (χ0n) is 12.3. The van der Waals surface area contributed by atoms with Gasteiger partial charge in [0.15, 0.2) is 0 Å². The number of benzene rings is 1. The standard InChI is InChI=1S/C17H17N3O2/c1-2-22-14-5-6-16(19-11-14)20-17(21)10-12-3-4-13-7-8-18-15(13)9-12/h3-9,11,18H,2,10H2,1H3,(H,19,20,21). The third kappa shape index (κ3) is 3.25. The Hall–Kier alpha value is -2.82. The summed E-state index contributed by atoms with van der Waals surface area (Å²) in [5, 5.41) is 3.92. The van der Waals surface area contributed by atoms with Gasteiger partial charge < -0.3 is 15.0 Å². The van der Waals surface area contributed by atoms with E-state index in [9.17, 15) is 4.79 Å². The molecule has 0 bridgehead atoms. The molecular formula is C17H17N3O2. The highest BCUT2D eigenvalue weighted by Crippen LogP contribution is 2.16. The maximum Gasteiger partial charge on any atom is 0.229 e. The van der Waals surface area contributed by atoms with E-state index in [-0.39, 0.29) is 5.91 Å². The normalized spacial score (nSPS) is 10.6. The first-order valence-electron chi connectivity index (χ1n) is 7.19. The highest BCUT2D eigenvalue weighted by Gasteiger charge is 2.06. The lowest BCUT2D eigenvalue weighted by Gasteiger charge is -2.06. The second kappa shape index (κ2) is 6.30. The van der Waals surface area contributed by atoms with Gasteiger partial charge in [-0.25, -0.2) is 4.98 Å². The summed E-state index contributed by atoms with van der Waals surface area (Å²) in [5.74, 6) is 1.12. The number of ether oxygens (including phenoxy) is 1. The molecule has 0 radical (unpaired) electrons. The Kier molecular flexibility index (Phi) is 4.05. The minimum Gasteiger partial charge on any atom is -0.492 e. The third-order valence-electron chi connectivity index (χ3n) is 3.30. The first-order chi connectivity index (χ1) is 10.7. The summed E-state index contributed by atoms with van der Waals surface area (Å²) in [6.07, 6.45) is 3.80. The van der Waals surface area contributed by atoms with E-state index in [1.54, 1.807) is 18.3 Å². The summed E-state index contributed by atoms with van der Waals surface area (Å²) in [7, 11) is 0. The van der Waals surface area contributed by atoms with E-state index < -0.39 is 0 Å². The SMILES string of the molecule is CCOc1ccc(NC(=O)Cc2ccc3cc[nH]c3c2)nc1. The molecule has 0 atom stereocenters. The summed E-state index contributed by atoms with van der Waals surface area (Å²) >= 11 is 0.